The summed E-state index contributed by atoms with van der Waals surface area (Å²) < 4.78 is 0. The molecule has 0 bridgehead atoms. The van der Waals surface area contributed by atoms with Gasteiger partial charge in [-0.25, -0.2) is 14.8 Å². The number of rotatable bonds is 5. The number of carboxylic acid groups (broad SMARTS) is 1. The molecule has 0 unspecified atom stereocenters. The molecule has 0 atom stereocenters. The number of nitrogens with one attached hydrogen (secondary N) is 1. The van der Waals surface area contributed by atoms with E-state index < -0.39 is 5.97 Å². The molecule has 0 radical (unpaired) electrons. The van der Waals surface area contributed by atoms with Gasteiger partial charge in [-0.3, -0.25) is 5.43 Å². The molecule has 8 heteroatoms. The van der Waals surface area contributed by atoms with Crippen molar-refractivity contribution in [1.82, 2.24) is 9.97 Å². The Morgan fingerprint density at radius 1 is 1.07 bits per heavy atom. The number of carboxylic acids is 1. The van der Waals surface area contributed by atoms with Gasteiger partial charge in [0.2, 0.25) is 0 Å². The van der Waals surface area contributed by atoms with Crippen LogP contribution in [0, 0.1) is 0 Å². The van der Waals surface area contributed by atoms with Crippen LogP contribution in [0.25, 0.3) is 20.7 Å². The number of hydrogen-bond acceptors (Lipinski definition) is 7. The first kappa shape index (κ1) is 17.3. The molecule has 6 nitrogen and oxygen atoms in total. The van der Waals surface area contributed by atoms with Gasteiger partial charge in [0.15, 0.2) is 5.82 Å². The molecule has 4 rings (SSSR count). The SMILES string of the molecule is C/C(=N/Nc1ncnc2sc(-c3ccccc3)cc12)c1ccc(C(=O)O)s1. The van der Waals surface area contributed by atoms with Gasteiger partial charge in [0, 0.05) is 4.88 Å². The Hall–Kier alpha value is -3.10. The molecule has 0 fully saturated rings. The number of anilines is 1. The third kappa shape index (κ3) is 3.57. The minimum absolute atomic E-state index is 0.286. The van der Waals surface area contributed by atoms with Crippen molar-refractivity contribution in [3.8, 4) is 10.4 Å². The highest BCUT2D eigenvalue weighted by Gasteiger charge is 2.11. The molecule has 0 saturated heterocycles. The molecule has 0 aliphatic rings. The molecule has 4 aromatic rings. The van der Waals surface area contributed by atoms with Crippen molar-refractivity contribution in [2.45, 2.75) is 6.92 Å². The van der Waals surface area contributed by atoms with E-state index in [0.717, 1.165) is 25.5 Å². The number of hydrazone groups is 1. The lowest BCUT2D eigenvalue weighted by Gasteiger charge is -2.02. The average Bonchev–Trinajstić information content (AvgIpc) is 3.34. The topological polar surface area (TPSA) is 87.5 Å². The highest BCUT2D eigenvalue weighted by molar-refractivity contribution is 7.21. The second-order valence-electron chi connectivity index (χ2n) is 5.70. The standard InChI is InChI=1S/C19H14N4O2S2/c1-11(14-7-8-15(26-14)19(24)25)22-23-17-13-9-16(12-5-3-2-4-6-12)27-18(13)21-10-20-17/h2-10H,1H3,(H,24,25)(H,20,21,23)/b22-11-. The molecule has 0 saturated carbocycles. The number of benzene rings is 1. The number of nitrogens with zero attached hydrogens (tertiary/aromatic N) is 3. The van der Waals surface area contributed by atoms with Crippen molar-refractivity contribution in [2.24, 2.45) is 5.10 Å². The molecule has 134 valence electrons. The maximum atomic E-state index is 11.0. The predicted molar refractivity (Wildman–Crippen MR) is 110 cm³/mol. The van der Waals surface area contributed by atoms with Gasteiger partial charge in [0.05, 0.1) is 16.0 Å². The molecule has 3 aromatic heterocycles. The maximum Gasteiger partial charge on any atom is 0.345 e. The molecule has 0 amide bonds. The first-order chi connectivity index (χ1) is 13.1. The molecule has 0 aliphatic heterocycles. The Balaban J connectivity index is 1.63. The lowest BCUT2D eigenvalue weighted by atomic mass is 10.2. The zero-order chi connectivity index (χ0) is 18.8. The van der Waals surface area contributed by atoms with Crippen LogP contribution in [0.5, 0.6) is 0 Å². The van der Waals surface area contributed by atoms with Crippen LogP contribution < -0.4 is 5.43 Å². The Labute approximate surface area is 162 Å². The minimum Gasteiger partial charge on any atom is -0.477 e. The zero-order valence-electron chi connectivity index (χ0n) is 14.2. The van der Waals surface area contributed by atoms with Crippen LogP contribution >= 0.6 is 22.7 Å². The second kappa shape index (κ2) is 7.26. The van der Waals surface area contributed by atoms with Gasteiger partial charge in [-0.1, -0.05) is 30.3 Å². The van der Waals surface area contributed by atoms with E-state index in [1.165, 1.54) is 17.7 Å². The number of carbonyl (C=O) groups is 1. The van der Waals surface area contributed by atoms with Crippen LogP contribution in [-0.4, -0.2) is 26.8 Å². The summed E-state index contributed by atoms with van der Waals surface area (Å²) >= 11 is 2.79. The van der Waals surface area contributed by atoms with Gasteiger partial charge >= 0.3 is 5.97 Å². The lowest BCUT2D eigenvalue weighted by molar-refractivity contribution is 0.0702. The van der Waals surface area contributed by atoms with Crippen molar-refractivity contribution >= 4 is 50.4 Å². The number of aromatic carboxylic acids is 1. The summed E-state index contributed by atoms with van der Waals surface area (Å²) in [4.78, 5) is 22.7. The first-order valence-electron chi connectivity index (χ1n) is 8.05. The molecule has 0 spiro atoms. The predicted octanol–water partition coefficient (Wildman–Crippen LogP) is 4.95. The Morgan fingerprint density at radius 2 is 1.85 bits per heavy atom. The highest BCUT2D eigenvalue weighted by Crippen LogP contribution is 2.34. The molecular weight excluding hydrogens is 380 g/mol. The van der Waals surface area contributed by atoms with Crippen LogP contribution in [-0.2, 0) is 0 Å². The Morgan fingerprint density at radius 3 is 2.59 bits per heavy atom. The largest absolute Gasteiger partial charge is 0.477 e. The fourth-order valence-electron chi connectivity index (χ4n) is 2.53. The van der Waals surface area contributed by atoms with Gasteiger partial charge in [-0.2, -0.15) is 5.10 Å². The van der Waals surface area contributed by atoms with Gasteiger partial charge in [-0.05, 0) is 30.7 Å². The van der Waals surface area contributed by atoms with E-state index >= 15 is 0 Å². The normalized spacial score (nSPS) is 11.7. The number of hydrogen-bond donors (Lipinski definition) is 2. The van der Waals surface area contributed by atoms with Crippen molar-refractivity contribution in [2.75, 3.05) is 5.43 Å². The van der Waals surface area contributed by atoms with E-state index in [1.807, 2.05) is 25.1 Å². The molecule has 0 aliphatic carbocycles. The van der Waals surface area contributed by atoms with E-state index in [1.54, 1.807) is 23.5 Å². The summed E-state index contributed by atoms with van der Waals surface area (Å²) in [5, 5.41) is 14.3. The quantitative estimate of drug-likeness (QED) is 0.369. The zero-order valence-corrected chi connectivity index (χ0v) is 15.8. The summed E-state index contributed by atoms with van der Waals surface area (Å²) in [6.07, 6.45) is 1.51. The third-order valence-electron chi connectivity index (χ3n) is 3.89. The van der Waals surface area contributed by atoms with Gasteiger partial charge in [0.25, 0.3) is 0 Å². The van der Waals surface area contributed by atoms with E-state index in [0.29, 0.717) is 11.5 Å². The van der Waals surface area contributed by atoms with Crippen LogP contribution in [0.15, 0.2) is 60.0 Å². The summed E-state index contributed by atoms with van der Waals surface area (Å²) in [5.41, 5.74) is 4.81. The summed E-state index contributed by atoms with van der Waals surface area (Å²) in [7, 11) is 0. The summed E-state index contributed by atoms with van der Waals surface area (Å²) in [6.45, 7) is 1.83. The van der Waals surface area contributed by atoms with Crippen molar-refractivity contribution in [3.05, 3.63) is 64.6 Å². The number of fused-ring (bicyclic) bond motifs is 1. The van der Waals surface area contributed by atoms with Crippen LogP contribution in [0.1, 0.15) is 21.5 Å². The van der Waals surface area contributed by atoms with Crippen molar-refractivity contribution < 1.29 is 9.90 Å². The fourth-order valence-corrected chi connectivity index (χ4v) is 4.32. The Kier molecular flexibility index (Phi) is 4.66. The first-order valence-corrected chi connectivity index (χ1v) is 9.69. The van der Waals surface area contributed by atoms with Crippen molar-refractivity contribution in [3.63, 3.8) is 0 Å². The fraction of sp³-hybridized carbons (Fsp3) is 0.0526. The van der Waals surface area contributed by atoms with Crippen LogP contribution in [0.4, 0.5) is 5.82 Å². The summed E-state index contributed by atoms with van der Waals surface area (Å²) in [6, 6.07) is 15.5. The van der Waals surface area contributed by atoms with E-state index in [4.69, 9.17) is 5.11 Å². The van der Waals surface area contributed by atoms with E-state index in [9.17, 15) is 4.79 Å². The van der Waals surface area contributed by atoms with Gasteiger partial charge < -0.3 is 5.11 Å². The molecule has 3 heterocycles. The minimum atomic E-state index is -0.934. The molecule has 1 aromatic carbocycles. The maximum absolute atomic E-state index is 11.0. The highest BCUT2D eigenvalue weighted by atomic mass is 32.1. The monoisotopic (exact) mass is 394 g/mol. The van der Waals surface area contributed by atoms with Crippen LogP contribution in [0.2, 0.25) is 0 Å². The lowest BCUT2D eigenvalue weighted by Crippen LogP contribution is -1.99. The third-order valence-corrected chi connectivity index (χ3v) is 6.16. The van der Waals surface area contributed by atoms with Crippen LogP contribution in [0.3, 0.4) is 0 Å². The van der Waals surface area contributed by atoms with E-state index in [-0.39, 0.29) is 4.88 Å². The number of aromatic nitrogens is 2. The van der Waals surface area contributed by atoms with Gasteiger partial charge in [0.1, 0.15) is 16.0 Å². The van der Waals surface area contributed by atoms with E-state index in [2.05, 4.69) is 38.7 Å². The smallest absolute Gasteiger partial charge is 0.345 e. The summed E-state index contributed by atoms with van der Waals surface area (Å²) in [5.74, 6) is -0.316. The average molecular weight is 394 g/mol. The molecular formula is C19H14N4O2S2. The Bertz CT molecular complexity index is 1150. The second-order valence-corrected chi connectivity index (χ2v) is 7.81. The molecule has 27 heavy (non-hydrogen) atoms. The van der Waals surface area contributed by atoms with Crippen molar-refractivity contribution in [1.29, 1.82) is 0 Å². The molecule has 2 N–H and O–H groups in total. The van der Waals surface area contributed by atoms with Gasteiger partial charge in [-0.15, -0.1) is 22.7 Å². The number of thiophene rings is 2.